The van der Waals surface area contributed by atoms with Gasteiger partial charge in [0.15, 0.2) is 5.79 Å². The van der Waals surface area contributed by atoms with E-state index >= 15 is 0 Å². The fourth-order valence-electron chi connectivity index (χ4n) is 6.09. The predicted molar refractivity (Wildman–Crippen MR) is 180 cm³/mol. The molecular formula is C37H54O11. The molecule has 0 aromatic carbocycles. The molecule has 11 heteroatoms. The van der Waals surface area contributed by atoms with Gasteiger partial charge in [-0.15, -0.1) is 0 Å². The Morgan fingerprint density at radius 1 is 0.938 bits per heavy atom. The largest absolute Gasteiger partial charge is 0.481 e. The first kappa shape index (κ1) is 40.6. The summed E-state index contributed by atoms with van der Waals surface area (Å²) in [4.78, 5) is 46.2. The number of carbonyl (C=O) groups is 4. The summed E-state index contributed by atoms with van der Waals surface area (Å²) in [6.45, 7) is 9.71. The van der Waals surface area contributed by atoms with Gasteiger partial charge >= 0.3 is 23.9 Å². The molecule has 2 aliphatic rings. The normalized spacial score (nSPS) is 28.2. The van der Waals surface area contributed by atoms with E-state index < -0.39 is 41.4 Å². The lowest BCUT2D eigenvalue weighted by Crippen LogP contribution is -2.59. The molecule has 7 atom stereocenters. The molecule has 0 aromatic heterocycles. The molecule has 268 valence electrons. The number of allylic oxidation sites excluding steroid dienone is 4. The van der Waals surface area contributed by atoms with Gasteiger partial charge in [-0.3, -0.25) is 9.59 Å². The van der Waals surface area contributed by atoms with Crippen LogP contribution in [0.15, 0.2) is 59.8 Å². The second kappa shape index (κ2) is 19.5. The molecule has 2 heterocycles. The van der Waals surface area contributed by atoms with Crippen molar-refractivity contribution < 1.29 is 53.4 Å². The average Bonchev–Trinajstić information content (AvgIpc) is 3.02. The molecule has 2 saturated heterocycles. The molecule has 2 fully saturated rings. The van der Waals surface area contributed by atoms with Crippen LogP contribution in [0, 0.1) is 11.8 Å². The summed E-state index contributed by atoms with van der Waals surface area (Å²) in [5, 5.41) is 27.3. The second-order valence-electron chi connectivity index (χ2n) is 13.0. The van der Waals surface area contributed by atoms with Gasteiger partial charge in [-0.1, -0.05) is 69.2 Å². The number of ether oxygens (including phenoxy) is 4. The quantitative estimate of drug-likeness (QED) is 0.0796. The van der Waals surface area contributed by atoms with Crippen molar-refractivity contribution in [1.29, 1.82) is 0 Å². The van der Waals surface area contributed by atoms with E-state index in [-0.39, 0.29) is 36.9 Å². The Labute approximate surface area is 284 Å². The van der Waals surface area contributed by atoms with E-state index in [0.29, 0.717) is 37.7 Å². The first-order valence-electron chi connectivity index (χ1n) is 16.8. The van der Waals surface area contributed by atoms with Gasteiger partial charge in [0.25, 0.3) is 0 Å². The molecule has 2 rings (SSSR count). The summed E-state index contributed by atoms with van der Waals surface area (Å²) in [5.74, 6) is -4.61. The van der Waals surface area contributed by atoms with Crippen molar-refractivity contribution in [3.8, 4) is 0 Å². The zero-order chi connectivity index (χ0) is 35.9. The van der Waals surface area contributed by atoms with Crippen molar-refractivity contribution in [1.82, 2.24) is 0 Å². The van der Waals surface area contributed by atoms with E-state index in [1.54, 1.807) is 32.3 Å². The van der Waals surface area contributed by atoms with E-state index in [0.717, 1.165) is 37.0 Å². The van der Waals surface area contributed by atoms with Crippen LogP contribution in [-0.4, -0.2) is 76.0 Å². The summed E-state index contributed by atoms with van der Waals surface area (Å²) >= 11 is 0. The van der Waals surface area contributed by atoms with Crippen LogP contribution in [0.5, 0.6) is 0 Å². The van der Waals surface area contributed by atoms with E-state index in [1.807, 2.05) is 32.9 Å². The maximum absolute atomic E-state index is 12.9. The molecular weight excluding hydrogens is 620 g/mol. The van der Waals surface area contributed by atoms with E-state index in [9.17, 15) is 24.3 Å². The van der Waals surface area contributed by atoms with E-state index in [1.165, 1.54) is 0 Å². The van der Waals surface area contributed by atoms with Gasteiger partial charge in [-0.2, -0.15) is 0 Å². The lowest BCUT2D eigenvalue weighted by Gasteiger charge is -2.53. The number of hydrogen-bond acceptors (Lipinski definition) is 8. The first-order chi connectivity index (χ1) is 22.6. The van der Waals surface area contributed by atoms with Crippen molar-refractivity contribution in [2.24, 2.45) is 11.8 Å². The van der Waals surface area contributed by atoms with Crippen LogP contribution in [0.1, 0.15) is 98.8 Å². The highest BCUT2D eigenvalue weighted by atomic mass is 16.7. The van der Waals surface area contributed by atoms with Gasteiger partial charge in [0.2, 0.25) is 0 Å². The molecule has 0 saturated carbocycles. The Bertz CT molecular complexity index is 1260. The molecule has 3 N–H and O–H groups in total. The number of methoxy groups -OCH3 is 1. The lowest BCUT2D eigenvalue weighted by atomic mass is 9.78. The molecule has 0 bridgehead atoms. The van der Waals surface area contributed by atoms with Crippen LogP contribution in [-0.2, 0) is 38.1 Å². The molecule has 0 radical (unpaired) electrons. The van der Waals surface area contributed by atoms with Crippen molar-refractivity contribution >= 4 is 23.9 Å². The number of rotatable bonds is 18. The maximum atomic E-state index is 12.9. The summed E-state index contributed by atoms with van der Waals surface area (Å²) in [6, 6.07) is 0. The minimum absolute atomic E-state index is 0.133. The van der Waals surface area contributed by atoms with Crippen molar-refractivity contribution in [2.45, 2.75) is 129 Å². The van der Waals surface area contributed by atoms with Gasteiger partial charge in [0.1, 0.15) is 11.7 Å². The smallest absolute Gasteiger partial charge is 0.328 e. The average molecular weight is 675 g/mol. The van der Waals surface area contributed by atoms with Crippen molar-refractivity contribution in [2.75, 3.05) is 7.11 Å². The first-order valence-corrected chi connectivity index (χ1v) is 16.8. The van der Waals surface area contributed by atoms with Crippen molar-refractivity contribution in [3.63, 3.8) is 0 Å². The monoisotopic (exact) mass is 674 g/mol. The number of carbonyl (C=O) groups excluding carboxylic acids is 1. The third kappa shape index (κ3) is 13.2. The van der Waals surface area contributed by atoms with E-state index in [4.69, 9.17) is 29.2 Å². The molecule has 48 heavy (non-hydrogen) atoms. The highest BCUT2D eigenvalue weighted by Gasteiger charge is 2.54. The standard InChI is InChI=1S/C37H54O11/c1-7-8-20-36(48-35(44)18-17-33(40)41)22-23-37(47-31(36)15-11-26(3)24-34(42)43)21-19-28(5)30(46-37)14-10-25(2)9-13-29(45-6)27(4)12-16-32(38)39/h9-13,15-16,24,27-31H,7-8,14,17-23H2,1-6H3,(H,38,39)(H,40,41)(H,42,43)/t27-,28-,29-,30+,31-,36+,37-/m0/s1. The zero-order valence-electron chi connectivity index (χ0n) is 29.2. The fraction of sp³-hybridized carbons (Fsp3) is 0.622. The molecule has 0 aliphatic carbocycles. The van der Waals surface area contributed by atoms with Gasteiger partial charge in [-0.05, 0) is 57.4 Å². The highest BCUT2D eigenvalue weighted by Crippen LogP contribution is 2.48. The van der Waals surface area contributed by atoms with Crippen LogP contribution in [0.4, 0.5) is 0 Å². The highest BCUT2D eigenvalue weighted by molar-refractivity contribution is 5.81. The van der Waals surface area contributed by atoms with Gasteiger partial charge in [0, 0.05) is 38.0 Å². The third-order valence-corrected chi connectivity index (χ3v) is 9.02. The number of hydrogen-bond donors (Lipinski definition) is 3. The zero-order valence-corrected chi connectivity index (χ0v) is 29.2. The number of carboxylic acids is 3. The maximum Gasteiger partial charge on any atom is 0.328 e. The second-order valence-corrected chi connectivity index (χ2v) is 13.0. The lowest BCUT2D eigenvalue weighted by molar-refractivity contribution is -0.344. The summed E-state index contributed by atoms with van der Waals surface area (Å²) in [6.07, 6.45) is 16.4. The molecule has 11 nitrogen and oxygen atoms in total. The fourth-order valence-corrected chi connectivity index (χ4v) is 6.09. The Hall–Kier alpha value is -3.54. The molecule has 1 spiro atoms. The Balaban J connectivity index is 2.32. The minimum Gasteiger partial charge on any atom is -0.481 e. The number of unbranched alkanes of at least 4 members (excludes halogenated alkanes) is 1. The summed E-state index contributed by atoms with van der Waals surface area (Å²) in [7, 11) is 1.58. The predicted octanol–water partition coefficient (Wildman–Crippen LogP) is 6.79. The van der Waals surface area contributed by atoms with Crippen molar-refractivity contribution in [3.05, 3.63) is 59.8 Å². The van der Waals surface area contributed by atoms with Crippen LogP contribution in [0.25, 0.3) is 0 Å². The minimum atomic E-state index is -1.09. The summed E-state index contributed by atoms with van der Waals surface area (Å²) < 4.78 is 25.2. The number of esters is 1. The third-order valence-electron chi connectivity index (χ3n) is 9.02. The molecule has 2 aliphatic heterocycles. The van der Waals surface area contributed by atoms with Gasteiger partial charge in [0.05, 0.1) is 25.0 Å². The van der Waals surface area contributed by atoms with E-state index in [2.05, 4.69) is 13.0 Å². The molecule has 0 amide bonds. The number of carboxylic acid groups (broad SMARTS) is 3. The Morgan fingerprint density at radius 3 is 2.29 bits per heavy atom. The van der Waals surface area contributed by atoms with Gasteiger partial charge in [-0.25, -0.2) is 9.59 Å². The SMILES string of the molecule is CCCC[C@@]1(OC(=O)CCC(=O)O)CC[C@]2(CC[C@H](C)[C@@H](CC=C(C)C=C[C@H](OC)[C@@H](C)C=CC(=O)O)O2)O[C@H]1C=CC(C)=CC(=O)O. The summed E-state index contributed by atoms with van der Waals surface area (Å²) in [5.41, 5.74) is 0.425. The Morgan fingerprint density at radius 2 is 1.67 bits per heavy atom. The topological polar surface area (TPSA) is 166 Å². The van der Waals surface area contributed by atoms with Crippen LogP contribution >= 0.6 is 0 Å². The van der Waals surface area contributed by atoms with Gasteiger partial charge < -0.3 is 34.3 Å². The number of aliphatic carboxylic acids is 3. The van der Waals surface area contributed by atoms with Crippen LogP contribution in [0.3, 0.4) is 0 Å². The van der Waals surface area contributed by atoms with Crippen LogP contribution < -0.4 is 0 Å². The van der Waals surface area contributed by atoms with Crippen LogP contribution in [0.2, 0.25) is 0 Å². The molecule has 0 aromatic rings. The molecule has 0 unspecified atom stereocenters. The Kier molecular flexibility index (Phi) is 16.5.